The Morgan fingerprint density at radius 3 is 2.45 bits per heavy atom. The molecule has 2 aromatic rings. The largest absolute Gasteiger partial charge is 0.366 e. The number of rotatable bonds is 7. The molecule has 1 saturated heterocycles. The van der Waals surface area contributed by atoms with Gasteiger partial charge in [-0.3, -0.25) is 4.79 Å². The Kier molecular flexibility index (Phi) is 6.28. The molecule has 0 atom stereocenters. The summed E-state index contributed by atoms with van der Waals surface area (Å²) in [5.74, 6) is 0.118. The molecule has 0 bridgehead atoms. The van der Waals surface area contributed by atoms with Crippen LogP contribution in [0, 0.1) is 5.92 Å². The van der Waals surface area contributed by atoms with Gasteiger partial charge in [0.25, 0.3) is 0 Å². The van der Waals surface area contributed by atoms with Crippen molar-refractivity contribution in [2.45, 2.75) is 44.4 Å². The Balaban J connectivity index is 1.21. The van der Waals surface area contributed by atoms with Gasteiger partial charge in [-0.25, -0.2) is 0 Å². The summed E-state index contributed by atoms with van der Waals surface area (Å²) >= 11 is 0. The highest BCUT2D eigenvalue weighted by atomic mass is 16.7. The number of benzene rings is 2. The van der Waals surface area contributed by atoms with Gasteiger partial charge in [0.2, 0.25) is 5.91 Å². The minimum absolute atomic E-state index is 0.247. The van der Waals surface area contributed by atoms with Crippen molar-refractivity contribution >= 4 is 5.91 Å². The molecule has 1 saturated carbocycles. The van der Waals surface area contributed by atoms with Crippen LogP contribution in [0.3, 0.4) is 0 Å². The van der Waals surface area contributed by atoms with E-state index in [-0.39, 0.29) is 5.79 Å². The van der Waals surface area contributed by atoms with Crippen LogP contribution in [0.15, 0.2) is 48.5 Å². The van der Waals surface area contributed by atoms with Crippen LogP contribution >= 0.6 is 0 Å². The zero-order valence-electron chi connectivity index (χ0n) is 16.9. The molecule has 0 unspecified atom stereocenters. The molecule has 2 fully saturated rings. The maximum atomic E-state index is 11.4. The van der Waals surface area contributed by atoms with Gasteiger partial charge in [0.05, 0.1) is 13.2 Å². The Bertz CT molecular complexity index is 818. The monoisotopic (exact) mass is 394 g/mol. The van der Waals surface area contributed by atoms with Crippen LogP contribution in [0.4, 0.5) is 0 Å². The lowest BCUT2D eigenvalue weighted by Crippen LogP contribution is -2.35. The minimum atomic E-state index is -0.399. The van der Waals surface area contributed by atoms with Crippen molar-refractivity contribution < 1.29 is 14.3 Å². The predicted octanol–water partition coefficient (Wildman–Crippen LogP) is 3.87. The number of nitrogens with two attached hydrogens (primary N) is 1. The lowest BCUT2D eigenvalue weighted by Gasteiger charge is -2.35. The van der Waals surface area contributed by atoms with Gasteiger partial charge < -0.3 is 20.5 Å². The van der Waals surface area contributed by atoms with Gasteiger partial charge in [-0.05, 0) is 60.5 Å². The van der Waals surface area contributed by atoms with E-state index < -0.39 is 5.91 Å². The third-order valence-electron chi connectivity index (χ3n) is 6.17. The fourth-order valence-corrected chi connectivity index (χ4v) is 4.40. The van der Waals surface area contributed by atoms with Gasteiger partial charge in [0.1, 0.15) is 0 Å². The van der Waals surface area contributed by atoms with Gasteiger partial charge in [-0.1, -0.05) is 36.4 Å². The topological polar surface area (TPSA) is 73.6 Å². The molecule has 5 nitrogen and oxygen atoms in total. The zero-order valence-corrected chi connectivity index (χ0v) is 16.9. The van der Waals surface area contributed by atoms with Crippen LogP contribution in [0.2, 0.25) is 0 Å². The van der Waals surface area contributed by atoms with E-state index in [0.717, 1.165) is 56.2 Å². The number of carbonyl (C=O) groups is 1. The molecule has 154 valence electrons. The Hall–Kier alpha value is -2.21. The van der Waals surface area contributed by atoms with E-state index in [1.165, 1.54) is 24.8 Å². The highest BCUT2D eigenvalue weighted by Gasteiger charge is 2.39. The molecule has 5 heteroatoms. The van der Waals surface area contributed by atoms with E-state index in [0.29, 0.717) is 5.56 Å². The van der Waals surface area contributed by atoms with E-state index >= 15 is 0 Å². The Morgan fingerprint density at radius 2 is 1.76 bits per heavy atom. The molecular formula is C24H30N2O3. The first-order valence-electron chi connectivity index (χ1n) is 10.6. The van der Waals surface area contributed by atoms with E-state index in [1.807, 2.05) is 18.2 Å². The van der Waals surface area contributed by atoms with Gasteiger partial charge in [0, 0.05) is 24.9 Å². The van der Waals surface area contributed by atoms with Crippen molar-refractivity contribution in [3.05, 3.63) is 59.7 Å². The third kappa shape index (κ3) is 5.04. The molecular weight excluding hydrogens is 364 g/mol. The van der Waals surface area contributed by atoms with Crippen molar-refractivity contribution in [1.82, 2.24) is 5.32 Å². The summed E-state index contributed by atoms with van der Waals surface area (Å²) in [5, 5.41) is 3.57. The standard InChI is InChI=1S/C24H30N2O3/c25-23(27)22-3-1-2-21(16-22)20-6-4-19(5-7-20)17-26-13-10-18-8-11-24(12-9-18)28-14-15-29-24/h1-7,16,18,26H,8-15,17H2,(H2,25,27). The van der Waals surface area contributed by atoms with Crippen LogP contribution < -0.4 is 11.1 Å². The second-order valence-corrected chi connectivity index (χ2v) is 8.16. The molecule has 29 heavy (non-hydrogen) atoms. The Morgan fingerprint density at radius 1 is 1.03 bits per heavy atom. The van der Waals surface area contributed by atoms with Crippen LogP contribution in [-0.4, -0.2) is 31.5 Å². The number of carbonyl (C=O) groups excluding carboxylic acids is 1. The SMILES string of the molecule is NC(=O)c1cccc(-c2ccc(CNCCC3CCC4(CC3)OCCO4)cc2)c1. The summed E-state index contributed by atoms with van der Waals surface area (Å²) in [6, 6.07) is 15.9. The number of ether oxygens (including phenoxy) is 2. The fraction of sp³-hybridized carbons (Fsp3) is 0.458. The maximum absolute atomic E-state index is 11.4. The van der Waals surface area contributed by atoms with Gasteiger partial charge in [-0.15, -0.1) is 0 Å². The first-order valence-corrected chi connectivity index (χ1v) is 10.6. The fourth-order valence-electron chi connectivity index (χ4n) is 4.40. The summed E-state index contributed by atoms with van der Waals surface area (Å²) in [4.78, 5) is 11.4. The summed E-state index contributed by atoms with van der Waals surface area (Å²) in [5.41, 5.74) is 9.26. The first kappa shape index (κ1) is 20.1. The number of hydrogen-bond acceptors (Lipinski definition) is 4. The molecule has 2 aliphatic rings. The second-order valence-electron chi connectivity index (χ2n) is 8.16. The van der Waals surface area contributed by atoms with Crippen molar-refractivity contribution in [2.75, 3.05) is 19.8 Å². The van der Waals surface area contributed by atoms with Crippen LogP contribution in [0.1, 0.15) is 48.0 Å². The zero-order chi connectivity index (χ0) is 20.1. The van der Waals surface area contributed by atoms with E-state index in [4.69, 9.17) is 15.2 Å². The van der Waals surface area contributed by atoms with Gasteiger partial charge >= 0.3 is 0 Å². The lowest BCUT2D eigenvalue weighted by atomic mass is 9.83. The number of nitrogens with one attached hydrogen (secondary N) is 1. The minimum Gasteiger partial charge on any atom is -0.366 e. The maximum Gasteiger partial charge on any atom is 0.248 e. The molecule has 1 spiro atoms. The van der Waals surface area contributed by atoms with E-state index in [1.54, 1.807) is 6.07 Å². The quantitative estimate of drug-likeness (QED) is 0.699. The predicted molar refractivity (Wildman–Crippen MR) is 113 cm³/mol. The highest BCUT2D eigenvalue weighted by Crippen LogP contribution is 2.39. The van der Waals surface area contributed by atoms with Gasteiger partial charge in [0.15, 0.2) is 5.79 Å². The number of primary amides is 1. The second kappa shape index (κ2) is 9.08. The molecule has 1 amide bonds. The first-order chi connectivity index (χ1) is 14.1. The third-order valence-corrected chi connectivity index (χ3v) is 6.17. The van der Waals surface area contributed by atoms with Crippen molar-refractivity contribution in [2.24, 2.45) is 11.7 Å². The van der Waals surface area contributed by atoms with Crippen molar-refractivity contribution in [3.63, 3.8) is 0 Å². The molecule has 3 N–H and O–H groups in total. The van der Waals surface area contributed by atoms with E-state index in [9.17, 15) is 4.79 Å². The van der Waals surface area contributed by atoms with Crippen molar-refractivity contribution in [3.8, 4) is 11.1 Å². The number of amides is 1. The van der Waals surface area contributed by atoms with E-state index in [2.05, 4.69) is 29.6 Å². The molecule has 0 radical (unpaired) electrons. The summed E-state index contributed by atoms with van der Waals surface area (Å²) in [6.45, 7) is 3.40. The normalized spacial score (nSPS) is 18.9. The summed E-state index contributed by atoms with van der Waals surface area (Å²) in [7, 11) is 0. The molecule has 4 rings (SSSR count). The van der Waals surface area contributed by atoms with Crippen molar-refractivity contribution in [1.29, 1.82) is 0 Å². The lowest BCUT2D eigenvalue weighted by molar-refractivity contribution is -0.182. The molecule has 2 aromatic carbocycles. The molecule has 1 aliphatic heterocycles. The smallest absolute Gasteiger partial charge is 0.248 e. The summed E-state index contributed by atoms with van der Waals surface area (Å²) < 4.78 is 11.6. The van der Waals surface area contributed by atoms with Gasteiger partial charge in [-0.2, -0.15) is 0 Å². The number of hydrogen-bond donors (Lipinski definition) is 2. The molecule has 1 heterocycles. The average molecular weight is 395 g/mol. The van der Waals surface area contributed by atoms with Crippen LogP contribution in [0.25, 0.3) is 11.1 Å². The van der Waals surface area contributed by atoms with Crippen LogP contribution in [-0.2, 0) is 16.0 Å². The summed E-state index contributed by atoms with van der Waals surface area (Å²) in [6.07, 6.45) is 5.67. The van der Waals surface area contributed by atoms with Crippen LogP contribution in [0.5, 0.6) is 0 Å². The highest BCUT2D eigenvalue weighted by molar-refractivity contribution is 5.94. The average Bonchev–Trinajstić information content (AvgIpc) is 3.21. The molecule has 0 aromatic heterocycles. The molecule has 1 aliphatic carbocycles. The Labute approximate surface area is 172 Å².